The molecule has 1 amide bonds. The number of nitrogens with one attached hydrogen (secondary N) is 1. The quantitative estimate of drug-likeness (QED) is 0.523. The number of hydrogen-bond acceptors (Lipinski definition) is 5. The van der Waals surface area contributed by atoms with Crippen LogP contribution in [0.25, 0.3) is 0 Å². The average molecular weight is 254 g/mol. The first-order chi connectivity index (χ1) is 8.45. The van der Waals surface area contributed by atoms with Gasteiger partial charge in [0.25, 0.3) is 5.91 Å². The minimum atomic E-state index is -1.64. The van der Waals surface area contributed by atoms with Gasteiger partial charge >= 0.3 is 5.97 Å². The number of hydrogen-bond donors (Lipinski definition) is 4. The van der Waals surface area contributed by atoms with Crippen LogP contribution in [0.15, 0.2) is 18.2 Å². The lowest BCUT2D eigenvalue weighted by Gasteiger charge is -2.10. The summed E-state index contributed by atoms with van der Waals surface area (Å²) < 4.78 is 4.93. The molecule has 0 bridgehead atoms. The maximum absolute atomic E-state index is 11.7. The van der Waals surface area contributed by atoms with E-state index in [-0.39, 0.29) is 17.8 Å². The van der Waals surface area contributed by atoms with Gasteiger partial charge in [-0.05, 0) is 12.1 Å². The summed E-state index contributed by atoms with van der Waals surface area (Å²) in [5.41, 5.74) is 6.04. The van der Waals surface area contributed by atoms with Gasteiger partial charge in [-0.25, -0.2) is 4.79 Å². The number of aliphatic carboxylic acids is 1. The fraction of sp³-hybridized carbons (Fsp3) is 0.273. The number of aliphatic hydroxyl groups excluding tert-OH is 1. The van der Waals surface area contributed by atoms with Gasteiger partial charge < -0.3 is 26.0 Å². The van der Waals surface area contributed by atoms with Crippen LogP contribution in [0.1, 0.15) is 10.4 Å². The van der Waals surface area contributed by atoms with E-state index in [1.165, 1.54) is 19.2 Å². The molecule has 0 aliphatic heterocycles. The number of anilines is 1. The summed E-state index contributed by atoms with van der Waals surface area (Å²) in [4.78, 5) is 22.0. The summed E-state index contributed by atoms with van der Waals surface area (Å²) in [6, 6.07) is 4.48. The Morgan fingerprint density at radius 2 is 2.17 bits per heavy atom. The molecule has 7 heteroatoms. The molecule has 1 aromatic rings. The zero-order valence-electron chi connectivity index (χ0n) is 9.71. The molecule has 0 spiro atoms. The average Bonchev–Trinajstić information content (AvgIpc) is 2.34. The SMILES string of the molecule is COc1ccc(C(=O)NCC(O)C(=O)O)c(N)c1. The van der Waals surface area contributed by atoms with Crippen molar-refractivity contribution in [3.8, 4) is 5.75 Å². The number of methoxy groups -OCH3 is 1. The number of carbonyl (C=O) groups excluding carboxylic acids is 1. The highest BCUT2D eigenvalue weighted by Gasteiger charge is 2.16. The van der Waals surface area contributed by atoms with Crippen LogP contribution in [0, 0.1) is 0 Å². The number of benzene rings is 1. The van der Waals surface area contributed by atoms with E-state index in [0.717, 1.165) is 0 Å². The number of carbonyl (C=O) groups is 2. The topological polar surface area (TPSA) is 122 Å². The molecular weight excluding hydrogens is 240 g/mol. The molecule has 0 radical (unpaired) electrons. The van der Waals surface area contributed by atoms with E-state index in [1.807, 2.05) is 0 Å². The number of aliphatic hydroxyl groups is 1. The van der Waals surface area contributed by atoms with Gasteiger partial charge in [0.2, 0.25) is 0 Å². The second-order valence-corrected chi connectivity index (χ2v) is 3.52. The van der Waals surface area contributed by atoms with Gasteiger partial charge in [0.15, 0.2) is 6.10 Å². The highest BCUT2D eigenvalue weighted by Crippen LogP contribution is 2.19. The zero-order valence-corrected chi connectivity index (χ0v) is 9.71. The predicted octanol–water partition coefficient (Wildman–Crippen LogP) is -0.547. The van der Waals surface area contributed by atoms with Gasteiger partial charge in [0.1, 0.15) is 5.75 Å². The van der Waals surface area contributed by atoms with E-state index in [4.69, 9.17) is 20.7 Å². The van der Waals surface area contributed by atoms with Crippen LogP contribution in [-0.4, -0.2) is 41.8 Å². The summed E-state index contributed by atoms with van der Waals surface area (Å²) in [6.07, 6.45) is -1.64. The third-order valence-electron chi connectivity index (χ3n) is 2.24. The molecule has 0 saturated carbocycles. The number of nitrogens with two attached hydrogens (primary N) is 1. The van der Waals surface area contributed by atoms with Crippen molar-refractivity contribution in [1.82, 2.24) is 5.32 Å². The molecule has 0 aromatic heterocycles. The van der Waals surface area contributed by atoms with Crippen LogP contribution >= 0.6 is 0 Å². The van der Waals surface area contributed by atoms with Crippen LogP contribution in [-0.2, 0) is 4.79 Å². The van der Waals surface area contributed by atoms with E-state index in [0.29, 0.717) is 5.75 Å². The van der Waals surface area contributed by atoms with Crippen molar-refractivity contribution < 1.29 is 24.5 Å². The molecule has 18 heavy (non-hydrogen) atoms. The smallest absolute Gasteiger partial charge is 0.334 e. The van der Waals surface area contributed by atoms with Gasteiger partial charge in [-0.1, -0.05) is 0 Å². The van der Waals surface area contributed by atoms with Crippen molar-refractivity contribution in [3.05, 3.63) is 23.8 Å². The molecule has 7 nitrogen and oxygen atoms in total. The maximum Gasteiger partial charge on any atom is 0.334 e. The van der Waals surface area contributed by atoms with E-state index in [1.54, 1.807) is 6.07 Å². The largest absolute Gasteiger partial charge is 0.497 e. The van der Waals surface area contributed by atoms with Crippen molar-refractivity contribution in [2.24, 2.45) is 0 Å². The Morgan fingerprint density at radius 1 is 1.50 bits per heavy atom. The number of amides is 1. The lowest BCUT2D eigenvalue weighted by Crippen LogP contribution is -2.36. The van der Waals surface area contributed by atoms with Crippen molar-refractivity contribution in [3.63, 3.8) is 0 Å². The second kappa shape index (κ2) is 5.87. The summed E-state index contributed by atoms with van der Waals surface area (Å²) >= 11 is 0. The molecule has 1 unspecified atom stereocenters. The first kappa shape index (κ1) is 13.8. The monoisotopic (exact) mass is 254 g/mol. The Labute approximate surface area is 103 Å². The van der Waals surface area contributed by atoms with Gasteiger partial charge in [-0.3, -0.25) is 4.79 Å². The van der Waals surface area contributed by atoms with E-state index >= 15 is 0 Å². The third kappa shape index (κ3) is 3.36. The lowest BCUT2D eigenvalue weighted by molar-refractivity contribution is -0.146. The van der Waals surface area contributed by atoms with Gasteiger partial charge in [0.05, 0.1) is 19.2 Å². The molecule has 0 aliphatic rings. The first-order valence-corrected chi connectivity index (χ1v) is 5.08. The van der Waals surface area contributed by atoms with Crippen LogP contribution < -0.4 is 15.8 Å². The third-order valence-corrected chi connectivity index (χ3v) is 2.24. The highest BCUT2D eigenvalue weighted by atomic mass is 16.5. The number of nitrogen functional groups attached to an aromatic ring is 1. The fourth-order valence-electron chi connectivity index (χ4n) is 1.25. The predicted molar refractivity (Wildman–Crippen MR) is 63.4 cm³/mol. The molecular formula is C11H14N2O5. The molecule has 0 saturated heterocycles. The molecule has 0 heterocycles. The van der Waals surface area contributed by atoms with E-state index < -0.39 is 18.0 Å². The maximum atomic E-state index is 11.7. The Morgan fingerprint density at radius 3 is 2.67 bits per heavy atom. The number of carboxylic acids is 1. The summed E-state index contributed by atoms with van der Waals surface area (Å²) in [6.45, 7) is -0.389. The van der Waals surface area contributed by atoms with Crippen LogP contribution in [0.2, 0.25) is 0 Å². The second-order valence-electron chi connectivity index (χ2n) is 3.52. The normalized spacial score (nSPS) is 11.7. The van der Waals surface area contributed by atoms with Crippen LogP contribution in [0.3, 0.4) is 0 Å². The van der Waals surface area contributed by atoms with Crippen molar-refractivity contribution in [2.75, 3.05) is 19.4 Å². The molecule has 0 aliphatic carbocycles. The molecule has 1 rings (SSSR count). The van der Waals surface area contributed by atoms with Gasteiger partial charge in [-0.15, -0.1) is 0 Å². The number of carboxylic acid groups (broad SMARTS) is 1. The standard InChI is InChI=1S/C11H14N2O5/c1-18-6-2-3-7(8(12)4-6)10(15)13-5-9(14)11(16)17/h2-4,9,14H,5,12H2,1H3,(H,13,15)(H,16,17). The van der Waals surface area contributed by atoms with E-state index in [2.05, 4.69) is 5.32 Å². The first-order valence-electron chi connectivity index (χ1n) is 5.08. The van der Waals surface area contributed by atoms with E-state index in [9.17, 15) is 9.59 Å². The van der Waals surface area contributed by atoms with Gasteiger partial charge in [-0.2, -0.15) is 0 Å². The minimum Gasteiger partial charge on any atom is -0.497 e. The van der Waals surface area contributed by atoms with Crippen LogP contribution in [0.4, 0.5) is 5.69 Å². The summed E-state index contributed by atoms with van der Waals surface area (Å²) in [5.74, 6) is -1.46. The van der Waals surface area contributed by atoms with Gasteiger partial charge in [0, 0.05) is 11.8 Å². The highest BCUT2D eigenvalue weighted by molar-refractivity contribution is 5.99. The van der Waals surface area contributed by atoms with Crippen molar-refractivity contribution in [1.29, 1.82) is 0 Å². The Kier molecular flexibility index (Phi) is 4.50. The summed E-state index contributed by atoms with van der Waals surface area (Å²) in [5, 5.41) is 19.7. The molecule has 1 atom stereocenters. The Hall–Kier alpha value is -2.28. The number of rotatable bonds is 5. The fourth-order valence-corrected chi connectivity index (χ4v) is 1.25. The molecule has 1 aromatic carbocycles. The minimum absolute atomic E-state index is 0.188. The summed E-state index contributed by atoms with van der Waals surface area (Å²) in [7, 11) is 1.47. The van der Waals surface area contributed by atoms with Crippen LogP contribution in [0.5, 0.6) is 5.75 Å². The zero-order chi connectivity index (χ0) is 13.7. The van der Waals surface area contributed by atoms with Crippen molar-refractivity contribution in [2.45, 2.75) is 6.10 Å². The molecule has 0 fully saturated rings. The molecule has 98 valence electrons. The number of ether oxygens (including phenoxy) is 1. The Balaban J connectivity index is 2.70. The lowest BCUT2D eigenvalue weighted by atomic mass is 10.1. The van der Waals surface area contributed by atoms with Crippen molar-refractivity contribution >= 4 is 17.6 Å². The Bertz CT molecular complexity index is 461. The molecule has 5 N–H and O–H groups in total.